The Bertz CT molecular complexity index is 1230. The van der Waals surface area contributed by atoms with Crippen molar-refractivity contribution < 1.29 is 26.3 Å². The van der Waals surface area contributed by atoms with E-state index in [2.05, 4.69) is 0 Å². The van der Waals surface area contributed by atoms with Crippen molar-refractivity contribution in [2.24, 2.45) is 0 Å². The molecule has 0 spiro atoms. The Hall–Kier alpha value is -2.55. The lowest BCUT2D eigenvalue weighted by Crippen LogP contribution is -2.02. The highest BCUT2D eigenvalue weighted by Crippen LogP contribution is 2.33. The molecule has 0 unspecified atom stereocenters. The Balaban J connectivity index is 1.87. The van der Waals surface area contributed by atoms with E-state index < -0.39 is 18.9 Å². The van der Waals surface area contributed by atoms with E-state index in [1.807, 2.05) is 6.92 Å². The lowest BCUT2D eigenvalue weighted by Gasteiger charge is -2.11. The molecule has 3 aromatic rings. The van der Waals surface area contributed by atoms with Crippen LogP contribution in [0.25, 0.3) is 0 Å². The maximum Gasteiger partial charge on any atom is 0.265 e. The van der Waals surface area contributed by atoms with Gasteiger partial charge in [0.2, 0.25) is 9.84 Å². The van der Waals surface area contributed by atoms with Crippen LogP contribution in [0.5, 0.6) is 17.2 Å². The monoisotopic (exact) mass is 452 g/mol. The van der Waals surface area contributed by atoms with E-state index in [9.17, 15) is 16.8 Å². The van der Waals surface area contributed by atoms with Gasteiger partial charge >= 0.3 is 0 Å². The number of halogens is 1. The third kappa shape index (κ3) is 4.72. The topological polar surface area (TPSA) is 86.7 Å². The number of rotatable bonds is 6. The predicted octanol–water partition coefficient (Wildman–Crippen LogP) is 4.56. The summed E-state index contributed by atoms with van der Waals surface area (Å²) < 4.78 is 59.4. The second kappa shape index (κ2) is 8.06. The smallest absolute Gasteiger partial charge is 0.265 e. The van der Waals surface area contributed by atoms with Crippen LogP contribution in [0, 0.1) is 6.92 Å². The molecule has 9 heteroatoms. The molecule has 0 aliphatic rings. The number of ether oxygens (including phenoxy) is 2. The quantitative estimate of drug-likeness (QED) is 0.509. The number of benzene rings is 3. The molecule has 152 valence electrons. The summed E-state index contributed by atoms with van der Waals surface area (Å²) in [6, 6.07) is 16.6. The van der Waals surface area contributed by atoms with Crippen LogP contribution in [0.1, 0.15) is 5.56 Å². The van der Waals surface area contributed by atoms with Crippen LogP contribution >= 0.6 is 10.7 Å². The van der Waals surface area contributed by atoms with Crippen molar-refractivity contribution in [2.75, 3.05) is 7.11 Å². The third-order valence-corrected chi connectivity index (χ3v) is 7.23. The SMILES string of the molecule is COc1ccc(Oc2ccc(S(=O)(=O)c3ccc(C)cc3)cc2)cc1S(=O)(=O)Cl. The number of sulfone groups is 1. The van der Waals surface area contributed by atoms with Gasteiger partial charge in [0, 0.05) is 16.7 Å². The van der Waals surface area contributed by atoms with Crippen molar-refractivity contribution in [2.45, 2.75) is 21.6 Å². The van der Waals surface area contributed by atoms with Crippen molar-refractivity contribution in [1.29, 1.82) is 0 Å². The molecular weight excluding hydrogens is 436 g/mol. The first-order valence-electron chi connectivity index (χ1n) is 8.33. The van der Waals surface area contributed by atoms with Crippen LogP contribution in [-0.2, 0) is 18.9 Å². The maximum absolute atomic E-state index is 12.7. The van der Waals surface area contributed by atoms with Crippen molar-refractivity contribution in [1.82, 2.24) is 0 Å². The van der Waals surface area contributed by atoms with Crippen molar-refractivity contribution in [3.8, 4) is 17.2 Å². The Morgan fingerprint density at radius 3 is 1.79 bits per heavy atom. The predicted molar refractivity (Wildman–Crippen MR) is 109 cm³/mol. The lowest BCUT2D eigenvalue weighted by molar-refractivity contribution is 0.400. The molecule has 0 aliphatic heterocycles. The number of hydrogen-bond acceptors (Lipinski definition) is 6. The summed E-state index contributed by atoms with van der Waals surface area (Å²) in [5, 5.41) is 0. The molecule has 6 nitrogen and oxygen atoms in total. The third-order valence-electron chi connectivity index (χ3n) is 4.10. The first kappa shape index (κ1) is 21.2. The minimum Gasteiger partial charge on any atom is -0.495 e. The van der Waals surface area contributed by atoms with Gasteiger partial charge in [0.25, 0.3) is 9.05 Å². The summed E-state index contributed by atoms with van der Waals surface area (Å²) in [5.41, 5.74) is 0.963. The minimum atomic E-state index is -4.03. The highest BCUT2D eigenvalue weighted by Gasteiger charge is 2.19. The molecule has 0 radical (unpaired) electrons. The molecule has 0 saturated heterocycles. The van der Waals surface area contributed by atoms with Gasteiger partial charge in [0.1, 0.15) is 22.1 Å². The van der Waals surface area contributed by atoms with E-state index in [4.69, 9.17) is 20.2 Å². The summed E-state index contributed by atoms with van der Waals surface area (Å²) >= 11 is 0. The van der Waals surface area contributed by atoms with Gasteiger partial charge in [-0.05, 0) is 55.5 Å². The van der Waals surface area contributed by atoms with Gasteiger partial charge in [0.05, 0.1) is 16.9 Å². The zero-order valence-corrected chi connectivity index (χ0v) is 17.9. The molecular formula is C20H17ClO6S2. The largest absolute Gasteiger partial charge is 0.495 e. The van der Waals surface area contributed by atoms with Crippen molar-refractivity contribution in [3.05, 3.63) is 72.3 Å². The highest BCUT2D eigenvalue weighted by atomic mass is 35.7. The molecule has 0 saturated carbocycles. The van der Waals surface area contributed by atoms with Gasteiger partial charge < -0.3 is 9.47 Å². The summed E-state index contributed by atoms with van der Waals surface area (Å²) in [6.45, 7) is 1.88. The molecule has 3 aromatic carbocycles. The van der Waals surface area contributed by atoms with Crippen LogP contribution in [0.4, 0.5) is 0 Å². The zero-order valence-electron chi connectivity index (χ0n) is 15.5. The molecule has 0 amide bonds. The van der Waals surface area contributed by atoms with Gasteiger partial charge in [0.15, 0.2) is 0 Å². The number of methoxy groups -OCH3 is 1. The summed E-state index contributed by atoms with van der Waals surface area (Å²) in [6.07, 6.45) is 0. The van der Waals surface area contributed by atoms with Crippen LogP contribution in [0.15, 0.2) is 81.4 Å². The number of aryl methyl sites for hydroxylation is 1. The Morgan fingerprint density at radius 1 is 0.759 bits per heavy atom. The normalized spacial score (nSPS) is 11.8. The molecule has 0 aliphatic carbocycles. The average molecular weight is 453 g/mol. The highest BCUT2D eigenvalue weighted by molar-refractivity contribution is 8.13. The molecule has 0 fully saturated rings. The van der Waals surface area contributed by atoms with E-state index in [0.717, 1.165) is 5.56 Å². The zero-order chi connectivity index (χ0) is 21.2. The average Bonchev–Trinajstić information content (AvgIpc) is 2.68. The first-order valence-corrected chi connectivity index (χ1v) is 12.1. The van der Waals surface area contributed by atoms with Crippen LogP contribution < -0.4 is 9.47 Å². The van der Waals surface area contributed by atoms with Crippen molar-refractivity contribution in [3.63, 3.8) is 0 Å². The fourth-order valence-corrected chi connectivity index (χ4v) is 4.86. The molecule has 0 bridgehead atoms. The van der Waals surface area contributed by atoms with Gasteiger partial charge in [-0.1, -0.05) is 17.7 Å². The molecule has 0 heterocycles. The molecule has 0 aromatic heterocycles. The van der Waals surface area contributed by atoms with E-state index in [1.165, 1.54) is 49.6 Å². The molecule has 0 N–H and O–H groups in total. The minimum absolute atomic E-state index is 0.0897. The molecule has 29 heavy (non-hydrogen) atoms. The summed E-state index contributed by atoms with van der Waals surface area (Å²) in [7, 11) is -0.927. The second-order valence-electron chi connectivity index (χ2n) is 6.14. The van der Waals surface area contributed by atoms with Crippen LogP contribution in [0.3, 0.4) is 0 Å². The molecule has 0 atom stereocenters. The standard InChI is InChI=1S/C20H17ClO6S2/c1-14-3-8-17(9-4-14)28(22,23)18-10-5-15(6-11-18)27-16-7-12-19(26-2)20(13-16)29(21,24)25/h3-13H,1-2H3. The Kier molecular flexibility index (Phi) is 5.88. The second-order valence-corrected chi connectivity index (χ2v) is 10.6. The van der Waals surface area contributed by atoms with Crippen LogP contribution in [0.2, 0.25) is 0 Å². The Morgan fingerprint density at radius 2 is 1.28 bits per heavy atom. The van der Waals surface area contributed by atoms with Gasteiger partial charge in [-0.25, -0.2) is 16.8 Å². The van der Waals surface area contributed by atoms with Gasteiger partial charge in [-0.2, -0.15) is 0 Å². The summed E-state index contributed by atoms with van der Waals surface area (Å²) in [4.78, 5) is 0.0917. The van der Waals surface area contributed by atoms with E-state index >= 15 is 0 Å². The van der Waals surface area contributed by atoms with Crippen LogP contribution in [-0.4, -0.2) is 23.9 Å². The van der Waals surface area contributed by atoms with E-state index in [0.29, 0.717) is 5.75 Å². The van der Waals surface area contributed by atoms with Gasteiger partial charge in [-0.3, -0.25) is 0 Å². The fourth-order valence-electron chi connectivity index (χ4n) is 2.59. The lowest BCUT2D eigenvalue weighted by atomic mass is 10.2. The van der Waals surface area contributed by atoms with Crippen molar-refractivity contribution >= 4 is 29.6 Å². The summed E-state index contributed by atoms with van der Waals surface area (Å²) in [5.74, 6) is 0.627. The number of hydrogen-bond donors (Lipinski definition) is 0. The molecule has 3 rings (SSSR count). The van der Waals surface area contributed by atoms with Gasteiger partial charge in [-0.15, -0.1) is 0 Å². The first-order chi connectivity index (χ1) is 13.6. The van der Waals surface area contributed by atoms with E-state index in [-0.39, 0.29) is 26.2 Å². The Labute approximate surface area is 174 Å². The fraction of sp³-hybridized carbons (Fsp3) is 0.100. The maximum atomic E-state index is 12.7. The van der Waals surface area contributed by atoms with E-state index in [1.54, 1.807) is 24.3 Å².